The molecule has 1 saturated carbocycles. The summed E-state index contributed by atoms with van der Waals surface area (Å²) in [6, 6.07) is 6.75. The standard InChI is InChI=1S/C22H30N2O4/c1-15-10-12-24(13-11-15)21(26)17-8-6-16(7-9-17)20(25)23-19-5-3-4-18(14-19)22(27)28-2/h3-5,14-17H,6-13H2,1-2H3,(H,23,25). The van der Waals surface area contributed by atoms with Crippen molar-refractivity contribution in [3.05, 3.63) is 29.8 Å². The van der Waals surface area contributed by atoms with Crippen molar-refractivity contribution in [1.29, 1.82) is 0 Å². The predicted octanol–water partition coefficient (Wildman–Crippen LogP) is 3.48. The van der Waals surface area contributed by atoms with Gasteiger partial charge in [-0.3, -0.25) is 9.59 Å². The second kappa shape index (κ2) is 9.22. The Balaban J connectivity index is 1.50. The van der Waals surface area contributed by atoms with Gasteiger partial charge in [-0.25, -0.2) is 4.79 Å². The SMILES string of the molecule is COC(=O)c1cccc(NC(=O)C2CCC(C(=O)N3CCC(C)CC3)CC2)c1. The minimum atomic E-state index is -0.428. The second-order valence-corrected chi connectivity index (χ2v) is 8.12. The number of anilines is 1. The average molecular weight is 386 g/mol. The molecule has 2 amide bonds. The molecule has 1 heterocycles. The summed E-state index contributed by atoms with van der Waals surface area (Å²) in [6.45, 7) is 3.99. The molecule has 1 saturated heterocycles. The molecule has 6 heteroatoms. The Labute approximate surface area is 166 Å². The van der Waals surface area contributed by atoms with Gasteiger partial charge in [-0.15, -0.1) is 0 Å². The molecule has 0 aromatic heterocycles. The molecule has 6 nitrogen and oxygen atoms in total. The lowest BCUT2D eigenvalue weighted by molar-refractivity contribution is -0.139. The van der Waals surface area contributed by atoms with E-state index >= 15 is 0 Å². The normalized spacial score (nSPS) is 23.1. The van der Waals surface area contributed by atoms with Gasteiger partial charge in [0.1, 0.15) is 0 Å². The van der Waals surface area contributed by atoms with Crippen LogP contribution in [0.25, 0.3) is 0 Å². The molecule has 1 aromatic rings. The van der Waals surface area contributed by atoms with Crippen molar-refractivity contribution in [1.82, 2.24) is 4.90 Å². The number of nitrogens with one attached hydrogen (secondary N) is 1. The maximum Gasteiger partial charge on any atom is 0.337 e. The number of methoxy groups -OCH3 is 1. The Morgan fingerprint density at radius 1 is 1.00 bits per heavy atom. The first-order valence-corrected chi connectivity index (χ1v) is 10.3. The van der Waals surface area contributed by atoms with Gasteiger partial charge in [0.2, 0.25) is 11.8 Å². The van der Waals surface area contributed by atoms with Crippen molar-refractivity contribution < 1.29 is 19.1 Å². The first-order valence-electron chi connectivity index (χ1n) is 10.3. The van der Waals surface area contributed by atoms with Crippen LogP contribution in [0.2, 0.25) is 0 Å². The van der Waals surface area contributed by atoms with E-state index in [9.17, 15) is 14.4 Å². The molecule has 1 aliphatic carbocycles. The summed E-state index contributed by atoms with van der Waals surface area (Å²) in [5.41, 5.74) is 0.999. The fourth-order valence-corrected chi connectivity index (χ4v) is 4.18. The Morgan fingerprint density at radius 2 is 1.64 bits per heavy atom. The van der Waals surface area contributed by atoms with E-state index in [1.807, 2.05) is 4.90 Å². The summed E-state index contributed by atoms with van der Waals surface area (Å²) < 4.78 is 4.72. The van der Waals surface area contributed by atoms with Gasteiger partial charge in [-0.2, -0.15) is 0 Å². The van der Waals surface area contributed by atoms with E-state index < -0.39 is 5.97 Å². The number of esters is 1. The summed E-state index contributed by atoms with van der Waals surface area (Å²) >= 11 is 0. The molecule has 2 aliphatic rings. The van der Waals surface area contributed by atoms with E-state index in [-0.39, 0.29) is 23.7 Å². The van der Waals surface area contributed by atoms with Crippen LogP contribution in [0.1, 0.15) is 55.8 Å². The van der Waals surface area contributed by atoms with Gasteiger partial charge in [0.05, 0.1) is 12.7 Å². The van der Waals surface area contributed by atoms with Crippen LogP contribution in [0.5, 0.6) is 0 Å². The van der Waals surface area contributed by atoms with E-state index in [1.54, 1.807) is 24.3 Å². The quantitative estimate of drug-likeness (QED) is 0.804. The molecule has 0 spiro atoms. The summed E-state index contributed by atoms with van der Waals surface area (Å²) in [5.74, 6) is 0.479. The number of nitrogens with zero attached hydrogens (tertiary/aromatic N) is 1. The topological polar surface area (TPSA) is 75.7 Å². The smallest absolute Gasteiger partial charge is 0.337 e. The van der Waals surface area contributed by atoms with Crippen molar-refractivity contribution in [2.24, 2.45) is 17.8 Å². The minimum Gasteiger partial charge on any atom is -0.465 e. The molecule has 28 heavy (non-hydrogen) atoms. The number of hydrogen-bond donors (Lipinski definition) is 1. The largest absolute Gasteiger partial charge is 0.465 e. The highest BCUT2D eigenvalue weighted by atomic mass is 16.5. The van der Waals surface area contributed by atoms with E-state index in [2.05, 4.69) is 12.2 Å². The van der Waals surface area contributed by atoms with Crippen LogP contribution < -0.4 is 5.32 Å². The fraction of sp³-hybridized carbons (Fsp3) is 0.591. The maximum absolute atomic E-state index is 12.7. The first kappa shape index (κ1) is 20.4. The van der Waals surface area contributed by atoms with Crippen molar-refractivity contribution >= 4 is 23.5 Å². The van der Waals surface area contributed by atoms with Crippen molar-refractivity contribution in [3.8, 4) is 0 Å². The second-order valence-electron chi connectivity index (χ2n) is 8.12. The molecule has 0 unspecified atom stereocenters. The van der Waals surface area contributed by atoms with Gasteiger partial charge in [-0.1, -0.05) is 13.0 Å². The third kappa shape index (κ3) is 4.91. The zero-order valence-electron chi connectivity index (χ0n) is 16.8. The number of amides is 2. The van der Waals surface area contributed by atoms with Gasteiger partial charge in [0.25, 0.3) is 0 Å². The average Bonchev–Trinajstić information content (AvgIpc) is 2.73. The minimum absolute atomic E-state index is 0.0419. The summed E-state index contributed by atoms with van der Waals surface area (Å²) in [6.07, 6.45) is 5.17. The number of benzene rings is 1. The highest BCUT2D eigenvalue weighted by molar-refractivity contribution is 5.95. The third-order valence-corrected chi connectivity index (χ3v) is 6.09. The number of ether oxygens (including phenoxy) is 1. The van der Waals surface area contributed by atoms with E-state index in [1.165, 1.54) is 7.11 Å². The van der Waals surface area contributed by atoms with Crippen LogP contribution in [-0.4, -0.2) is 42.9 Å². The van der Waals surface area contributed by atoms with Crippen LogP contribution in [0.15, 0.2) is 24.3 Å². The summed E-state index contributed by atoms with van der Waals surface area (Å²) in [4.78, 5) is 39.0. The lowest BCUT2D eigenvalue weighted by Gasteiger charge is -2.35. The predicted molar refractivity (Wildman–Crippen MR) is 107 cm³/mol. The van der Waals surface area contributed by atoms with E-state index in [0.29, 0.717) is 17.2 Å². The Bertz CT molecular complexity index is 717. The van der Waals surface area contributed by atoms with Crippen LogP contribution in [0.3, 0.4) is 0 Å². The van der Waals surface area contributed by atoms with E-state index in [0.717, 1.165) is 51.6 Å². The molecule has 0 bridgehead atoms. The number of piperidine rings is 1. The highest BCUT2D eigenvalue weighted by Gasteiger charge is 2.33. The van der Waals surface area contributed by atoms with E-state index in [4.69, 9.17) is 4.74 Å². The molecule has 0 radical (unpaired) electrons. The Hall–Kier alpha value is -2.37. The number of rotatable bonds is 4. The lowest BCUT2D eigenvalue weighted by Crippen LogP contribution is -2.42. The molecule has 3 rings (SSSR count). The Morgan fingerprint density at radius 3 is 2.29 bits per heavy atom. The number of carbonyl (C=O) groups is 3. The molecule has 2 fully saturated rings. The molecular weight excluding hydrogens is 356 g/mol. The number of carbonyl (C=O) groups excluding carboxylic acids is 3. The zero-order valence-corrected chi connectivity index (χ0v) is 16.8. The fourth-order valence-electron chi connectivity index (χ4n) is 4.18. The molecule has 1 N–H and O–H groups in total. The molecule has 1 aliphatic heterocycles. The van der Waals surface area contributed by atoms with Crippen LogP contribution in [-0.2, 0) is 14.3 Å². The lowest BCUT2D eigenvalue weighted by atomic mass is 9.80. The molecule has 152 valence electrons. The maximum atomic E-state index is 12.7. The Kier molecular flexibility index (Phi) is 6.70. The number of hydrogen-bond acceptors (Lipinski definition) is 4. The van der Waals surface area contributed by atoms with Gasteiger partial charge in [-0.05, 0) is 62.6 Å². The molecule has 0 atom stereocenters. The first-order chi connectivity index (χ1) is 13.5. The monoisotopic (exact) mass is 386 g/mol. The van der Waals surface area contributed by atoms with Gasteiger partial charge >= 0.3 is 5.97 Å². The highest BCUT2D eigenvalue weighted by Crippen LogP contribution is 2.32. The summed E-state index contributed by atoms with van der Waals surface area (Å²) in [7, 11) is 1.33. The van der Waals surface area contributed by atoms with Crippen molar-refractivity contribution in [3.63, 3.8) is 0 Å². The summed E-state index contributed by atoms with van der Waals surface area (Å²) in [5, 5.41) is 2.90. The third-order valence-electron chi connectivity index (χ3n) is 6.09. The van der Waals surface area contributed by atoms with Crippen molar-refractivity contribution in [2.45, 2.75) is 45.4 Å². The zero-order chi connectivity index (χ0) is 20.1. The molecular formula is C22H30N2O4. The van der Waals surface area contributed by atoms with Crippen LogP contribution in [0.4, 0.5) is 5.69 Å². The van der Waals surface area contributed by atoms with Gasteiger partial charge < -0.3 is 15.0 Å². The number of likely N-dealkylation sites (tertiary alicyclic amines) is 1. The van der Waals surface area contributed by atoms with Crippen LogP contribution >= 0.6 is 0 Å². The van der Waals surface area contributed by atoms with Crippen molar-refractivity contribution in [2.75, 3.05) is 25.5 Å². The molecule has 1 aromatic carbocycles. The van der Waals surface area contributed by atoms with Gasteiger partial charge in [0.15, 0.2) is 0 Å². The van der Waals surface area contributed by atoms with Crippen LogP contribution in [0, 0.1) is 17.8 Å². The van der Waals surface area contributed by atoms with Gasteiger partial charge in [0, 0.05) is 30.6 Å².